The minimum absolute atomic E-state index is 0.371. The van der Waals surface area contributed by atoms with Gasteiger partial charge in [0.1, 0.15) is 0 Å². The highest BCUT2D eigenvalue weighted by Gasteiger charge is 2.22. The van der Waals surface area contributed by atoms with Crippen LogP contribution in [0.15, 0.2) is 0 Å². The number of rotatable bonds is 2. The lowest BCUT2D eigenvalue weighted by Gasteiger charge is -2.28. The molecule has 0 aromatic heterocycles. The van der Waals surface area contributed by atoms with Gasteiger partial charge in [0.25, 0.3) is 0 Å². The monoisotopic (exact) mass is 168 g/mol. The average molecular weight is 168 g/mol. The van der Waals surface area contributed by atoms with E-state index in [1.807, 2.05) is 0 Å². The van der Waals surface area contributed by atoms with Crippen LogP contribution in [-0.2, 0) is 0 Å². The van der Waals surface area contributed by atoms with Crippen LogP contribution in [0.25, 0.3) is 0 Å². The third-order valence-electron chi connectivity index (χ3n) is 2.80. The maximum atomic E-state index is 7.84. The van der Waals surface area contributed by atoms with E-state index in [0.717, 1.165) is 5.84 Å². The molecule has 12 heavy (non-hydrogen) atoms. The summed E-state index contributed by atoms with van der Waals surface area (Å²) in [6.07, 6.45) is 5.26. The Bertz CT molecular complexity index is 157. The molecule has 0 unspecified atom stereocenters. The molecule has 1 fully saturated rings. The van der Waals surface area contributed by atoms with Crippen LogP contribution < -0.4 is 0 Å². The van der Waals surface area contributed by atoms with Gasteiger partial charge in [-0.1, -0.05) is 26.7 Å². The van der Waals surface area contributed by atoms with Crippen LogP contribution in [0.2, 0.25) is 0 Å². The summed E-state index contributed by atoms with van der Waals surface area (Å²) in [6.45, 7) is 4.18. The van der Waals surface area contributed by atoms with Crippen molar-refractivity contribution in [3.05, 3.63) is 0 Å². The fraction of sp³-hybridized carbons (Fsp3) is 0.900. The molecule has 0 amide bonds. The van der Waals surface area contributed by atoms with Crippen LogP contribution in [-0.4, -0.2) is 23.8 Å². The first kappa shape index (κ1) is 9.56. The first-order valence-electron chi connectivity index (χ1n) is 4.94. The van der Waals surface area contributed by atoms with E-state index in [4.69, 9.17) is 5.41 Å². The highest BCUT2D eigenvalue weighted by molar-refractivity contribution is 5.81. The smallest absolute Gasteiger partial charge is 0.0983 e. The Kier molecular flexibility index (Phi) is 3.12. The molecule has 2 heteroatoms. The summed E-state index contributed by atoms with van der Waals surface area (Å²) in [6, 6.07) is 0.653. The Balaban J connectivity index is 2.45. The topological polar surface area (TPSA) is 27.1 Å². The second kappa shape index (κ2) is 3.92. The standard InChI is InChI=1S/C10H20N2/c1-8(2)10(11)12(3)9-6-4-5-7-9/h8-9,11H,4-7H2,1-3H3. The summed E-state index contributed by atoms with van der Waals surface area (Å²) in [7, 11) is 2.07. The van der Waals surface area contributed by atoms with E-state index in [1.165, 1.54) is 25.7 Å². The van der Waals surface area contributed by atoms with Gasteiger partial charge in [-0.3, -0.25) is 5.41 Å². The molecule has 1 N–H and O–H groups in total. The van der Waals surface area contributed by atoms with Gasteiger partial charge in [0.2, 0.25) is 0 Å². The molecule has 0 atom stereocenters. The van der Waals surface area contributed by atoms with Gasteiger partial charge in [0.15, 0.2) is 0 Å². The number of nitrogens with zero attached hydrogens (tertiary/aromatic N) is 1. The van der Waals surface area contributed by atoms with Crippen molar-refractivity contribution in [1.82, 2.24) is 4.90 Å². The SMILES string of the molecule is CC(C)C(=N)N(C)C1CCCC1. The molecule has 1 aliphatic carbocycles. The Labute approximate surface area is 75.5 Å². The maximum Gasteiger partial charge on any atom is 0.0983 e. The molecule has 0 spiro atoms. The predicted octanol–water partition coefficient (Wildman–Crippen LogP) is 2.49. The second-order valence-electron chi connectivity index (χ2n) is 4.09. The molecule has 0 aromatic carbocycles. The van der Waals surface area contributed by atoms with E-state index < -0.39 is 0 Å². The molecule has 0 aliphatic heterocycles. The van der Waals surface area contributed by atoms with Crippen LogP contribution in [0.4, 0.5) is 0 Å². The van der Waals surface area contributed by atoms with Gasteiger partial charge in [-0.25, -0.2) is 0 Å². The van der Waals surface area contributed by atoms with Crippen molar-refractivity contribution in [3.63, 3.8) is 0 Å². The van der Waals surface area contributed by atoms with Crippen molar-refractivity contribution in [2.24, 2.45) is 5.92 Å². The first-order chi connectivity index (χ1) is 5.63. The summed E-state index contributed by atoms with van der Waals surface area (Å²) >= 11 is 0. The molecular weight excluding hydrogens is 148 g/mol. The zero-order chi connectivity index (χ0) is 9.14. The molecular formula is C10H20N2. The number of nitrogens with one attached hydrogen (secondary N) is 1. The molecule has 0 saturated heterocycles. The minimum Gasteiger partial charge on any atom is -0.360 e. The third-order valence-corrected chi connectivity index (χ3v) is 2.80. The van der Waals surface area contributed by atoms with Gasteiger partial charge in [0.05, 0.1) is 5.84 Å². The summed E-state index contributed by atoms with van der Waals surface area (Å²) in [5, 5.41) is 7.84. The van der Waals surface area contributed by atoms with Crippen LogP contribution in [0.3, 0.4) is 0 Å². The molecule has 0 heterocycles. The summed E-state index contributed by atoms with van der Waals surface area (Å²) in [5.41, 5.74) is 0. The van der Waals surface area contributed by atoms with Crippen molar-refractivity contribution in [2.45, 2.75) is 45.6 Å². The van der Waals surface area contributed by atoms with Crippen LogP contribution in [0.5, 0.6) is 0 Å². The normalized spacial score (nSPS) is 18.7. The predicted molar refractivity (Wildman–Crippen MR) is 52.6 cm³/mol. The maximum absolute atomic E-state index is 7.84. The fourth-order valence-electron chi connectivity index (χ4n) is 1.90. The zero-order valence-corrected chi connectivity index (χ0v) is 8.43. The Morgan fingerprint density at radius 2 is 1.83 bits per heavy atom. The molecule has 0 bridgehead atoms. The molecule has 1 aliphatic rings. The van der Waals surface area contributed by atoms with Gasteiger partial charge < -0.3 is 4.90 Å². The molecule has 1 rings (SSSR count). The van der Waals surface area contributed by atoms with Crippen molar-refractivity contribution < 1.29 is 0 Å². The van der Waals surface area contributed by atoms with E-state index >= 15 is 0 Å². The van der Waals surface area contributed by atoms with Gasteiger partial charge >= 0.3 is 0 Å². The number of amidine groups is 1. The summed E-state index contributed by atoms with van der Waals surface area (Å²) in [5.74, 6) is 1.16. The highest BCUT2D eigenvalue weighted by atomic mass is 15.2. The Morgan fingerprint density at radius 3 is 2.25 bits per heavy atom. The van der Waals surface area contributed by atoms with Crippen LogP contribution in [0, 0.1) is 11.3 Å². The van der Waals surface area contributed by atoms with E-state index in [9.17, 15) is 0 Å². The number of hydrogen-bond donors (Lipinski definition) is 1. The quantitative estimate of drug-likeness (QED) is 0.498. The summed E-state index contributed by atoms with van der Waals surface area (Å²) in [4.78, 5) is 2.16. The Hall–Kier alpha value is -0.530. The highest BCUT2D eigenvalue weighted by Crippen LogP contribution is 2.23. The van der Waals surface area contributed by atoms with Crippen LogP contribution >= 0.6 is 0 Å². The van der Waals surface area contributed by atoms with Crippen molar-refractivity contribution >= 4 is 5.84 Å². The van der Waals surface area contributed by atoms with E-state index in [-0.39, 0.29) is 0 Å². The van der Waals surface area contributed by atoms with Gasteiger partial charge in [-0.05, 0) is 12.8 Å². The number of hydrogen-bond acceptors (Lipinski definition) is 1. The zero-order valence-electron chi connectivity index (χ0n) is 8.43. The van der Waals surface area contributed by atoms with E-state index in [1.54, 1.807) is 0 Å². The first-order valence-corrected chi connectivity index (χ1v) is 4.94. The molecule has 2 nitrogen and oxygen atoms in total. The lowest BCUT2D eigenvalue weighted by Crippen LogP contribution is -2.37. The van der Waals surface area contributed by atoms with Gasteiger partial charge in [-0.2, -0.15) is 0 Å². The molecule has 0 aromatic rings. The molecule has 0 radical (unpaired) electrons. The largest absolute Gasteiger partial charge is 0.360 e. The Morgan fingerprint density at radius 1 is 1.33 bits per heavy atom. The molecule has 1 saturated carbocycles. The van der Waals surface area contributed by atoms with Crippen molar-refractivity contribution in [2.75, 3.05) is 7.05 Å². The lowest BCUT2D eigenvalue weighted by molar-refractivity contribution is 0.354. The second-order valence-corrected chi connectivity index (χ2v) is 4.09. The minimum atomic E-state index is 0.371. The van der Waals surface area contributed by atoms with Crippen LogP contribution in [0.1, 0.15) is 39.5 Å². The van der Waals surface area contributed by atoms with Gasteiger partial charge in [-0.15, -0.1) is 0 Å². The lowest BCUT2D eigenvalue weighted by atomic mass is 10.1. The summed E-state index contributed by atoms with van der Waals surface area (Å²) < 4.78 is 0. The van der Waals surface area contributed by atoms with Crippen molar-refractivity contribution in [3.8, 4) is 0 Å². The van der Waals surface area contributed by atoms with E-state index in [2.05, 4.69) is 25.8 Å². The molecule has 70 valence electrons. The van der Waals surface area contributed by atoms with Crippen molar-refractivity contribution in [1.29, 1.82) is 5.41 Å². The fourth-order valence-corrected chi connectivity index (χ4v) is 1.90. The average Bonchev–Trinajstić information content (AvgIpc) is 2.53. The third kappa shape index (κ3) is 1.99. The van der Waals surface area contributed by atoms with Gasteiger partial charge in [0, 0.05) is 19.0 Å². The van der Waals surface area contributed by atoms with E-state index in [0.29, 0.717) is 12.0 Å².